The Morgan fingerprint density at radius 3 is 2.68 bits per heavy atom. The van der Waals surface area contributed by atoms with Gasteiger partial charge in [-0.25, -0.2) is 9.36 Å². The van der Waals surface area contributed by atoms with Crippen LogP contribution < -0.4 is 0 Å². The van der Waals surface area contributed by atoms with Crippen molar-refractivity contribution in [2.75, 3.05) is 6.61 Å². The number of carbonyl (C=O) groups excluding carboxylic acids is 2. The third kappa shape index (κ3) is 3.18. The molecule has 0 atom stereocenters. The minimum atomic E-state index is -0.441. The number of ether oxygens (including phenoxy) is 1. The molecule has 3 rings (SSSR count). The van der Waals surface area contributed by atoms with E-state index in [0.717, 1.165) is 29.1 Å². The van der Waals surface area contributed by atoms with Crippen LogP contribution in [0.1, 0.15) is 50.5 Å². The average molecular weight is 340 g/mol. The normalized spacial score (nSPS) is 11.5. The highest BCUT2D eigenvalue weighted by Gasteiger charge is 2.23. The van der Waals surface area contributed by atoms with Crippen molar-refractivity contribution in [3.63, 3.8) is 0 Å². The van der Waals surface area contributed by atoms with Crippen molar-refractivity contribution >= 4 is 33.7 Å². The Balaban J connectivity index is 2.15. The molecule has 0 saturated heterocycles. The molecule has 0 unspecified atom stereocenters. The Morgan fingerprint density at radius 1 is 1.20 bits per heavy atom. The van der Waals surface area contributed by atoms with Gasteiger partial charge >= 0.3 is 6.09 Å². The predicted octanol–water partition coefficient (Wildman–Crippen LogP) is 5.14. The molecule has 5 heteroatoms. The second-order valence-corrected chi connectivity index (χ2v) is 6.78. The minimum Gasteiger partial charge on any atom is -0.449 e. The fourth-order valence-electron chi connectivity index (χ4n) is 3.04. The number of para-hydroxylation sites is 1. The first kappa shape index (κ1) is 17.3. The third-order valence-electron chi connectivity index (χ3n) is 4.27. The number of Topliss-reactive ketones (excluding diaryl/α,β-unsaturated/α-hetero) is 1. The lowest BCUT2D eigenvalue weighted by Crippen LogP contribution is -2.17. The molecule has 132 valence electrons. The van der Waals surface area contributed by atoms with Gasteiger partial charge in [0.2, 0.25) is 0 Å². The molecule has 0 aliphatic rings. The van der Waals surface area contributed by atoms with Gasteiger partial charge in [-0.1, -0.05) is 45.4 Å². The van der Waals surface area contributed by atoms with Crippen LogP contribution in [0.2, 0.25) is 0 Å². The van der Waals surface area contributed by atoms with Crippen LogP contribution in [-0.2, 0) is 4.74 Å². The summed E-state index contributed by atoms with van der Waals surface area (Å²) in [7, 11) is 0. The van der Waals surface area contributed by atoms with E-state index in [0.29, 0.717) is 24.2 Å². The van der Waals surface area contributed by atoms with Gasteiger partial charge in [-0.3, -0.25) is 4.79 Å². The van der Waals surface area contributed by atoms with Crippen molar-refractivity contribution in [1.82, 2.24) is 9.55 Å². The van der Waals surface area contributed by atoms with Gasteiger partial charge in [0.05, 0.1) is 17.6 Å². The molecule has 2 heterocycles. The molecule has 5 nitrogen and oxygen atoms in total. The maximum Gasteiger partial charge on any atom is 0.419 e. The zero-order chi connectivity index (χ0) is 18.0. The van der Waals surface area contributed by atoms with Crippen molar-refractivity contribution < 1.29 is 14.3 Å². The number of fused-ring (bicyclic) bond motifs is 3. The maximum atomic E-state index is 12.7. The summed E-state index contributed by atoms with van der Waals surface area (Å²) in [6, 6.07) is 7.65. The SMILES string of the molecule is CCCCC(=O)c1[nH]cc2c3ccccc3n(C(=O)OCC(C)C)c12. The van der Waals surface area contributed by atoms with Crippen LogP contribution in [-0.4, -0.2) is 28.0 Å². The van der Waals surface area contributed by atoms with Crippen molar-refractivity contribution in [1.29, 1.82) is 0 Å². The summed E-state index contributed by atoms with van der Waals surface area (Å²) in [5.41, 5.74) is 1.87. The molecule has 25 heavy (non-hydrogen) atoms. The van der Waals surface area contributed by atoms with E-state index in [2.05, 4.69) is 11.9 Å². The Labute approximate surface area is 147 Å². The Hall–Kier alpha value is -2.56. The molecule has 0 fully saturated rings. The van der Waals surface area contributed by atoms with Crippen LogP contribution in [0.15, 0.2) is 30.5 Å². The van der Waals surface area contributed by atoms with E-state index < -0.39 is 6.09 Å². The Morgan fingerprint density at radius 2 is 1.96 bits per heavy atom. The number of H-pyrrole nitrogens is 1. The summed E-state index contributed by atoms with van der Waals surface area (Å²) >= 11 is 0. The summed E-state index contributed by atoms with van der Waals surface area (Å²) in [5.74, 6) is 0.274. The predicted molar refractivity (Wildman–Crippen MR) is 99.2 cm³/mol. The molecule has 0 radical (unpaired) electrons. The number of benzene rings is 1. The fraction of sp³-hybridized carbons (Fsp3) is 0.400. The van der Waals surface area contributed by atoms with Gasteiger partial charge in [-0.15, -0.1) is 0 Å². The summed E-state index contributed by atoms with van der Waals surface area (Å²) < 4.78 is 6.98. The molecule has 0 spiro atoms. The van der Waals surface area contributed by atoms with Crippen molar-refractivity contribution in [2.24, 2.45) is 5.92 Å². The van der Waals surface area contributed by atoms with Gasteiger partial charge in [0, 0.05) is 23.4 Å². The largest absolute Gasteiger partial charge is 0.449 e. The molecule has 2 aromatic heterocycles. The van der Waals surface area contributed by atoms with E-state index in [9.17, 15) is 9.59 Å². The molecule has 0 amide bonds. The molecule has 3 aromatic rings. The van der Waals surface area contributed by atoms with Crippen LogP contribution in [0.25, 0.3) is 21.8 Å². The van der Waals surface area contributed by atoms with Crippen LogP contribution in [0, 0.1) is 5.92 Å². The van der Waals surface area contributed by atoms with Gasteiger partial charge in [-0.2, -0.15) is 0 Å². The summed E-state index contributed by atoms with van der Waals surface area (Å²) in [6.45, 7) is 6.38. The number of rotatable bonds is 6. The first-order valence-corrected chi connectivity index (χ1v) is 8.85. The van der Waals surface area contributed by atoms with Gasteiger partial charge in [-0.05, 0) is 18.4 Å². The molecule has 1 N–H and O–H groups in total. The monoisotopic (exact) mass is 340 g/mol. The van der Waals surface area contributed by atoms with Crippen LogP contribution in [0.4, 0.5) is 4.79 Å². The second-order valence-electron chi connectivity index (χ2n) is 6.78. The number of nitrogens with one attached hydrogen (secondary N) is 1. The molecular weight excluding hydrogens is 316 g/mol. The first-order chi connectivity index (χ1) is 12.0. The van der Waals surface area contributed by atoms with Gasteiger partial charge in [0.15, 0.2) is 5.78 Å². The van der Waals surface area contributed by atoms with E-state index in [1.807, 2.05) is 44.3 Å². The smallest absolute Gasteiger partial charge is 0.419 e. The van der Waals surface area contributed by atoms with Gasteiger partial charge in [0.1, 0.15) is 5.69 Å². The highest BCUT2D eigenvalue weighted by Crippen LogP contribution is 2.32. The number of nitrogens with zero attached hydrogens (tertiary/aromatic N) is 1. The number of hydrogen-bond acceptors (Lipinski definition) is 3. The summed E-state index contributed by atoms with van der Waals surface area (Å²) in [4.78, 5) is 28.4. The molecule has 0 saturated carbocycles. The topological polar surface area (TPSA) is 64.1 Å². The van der Waals surface area contributed by atoms with Crippen LogP contribution >= 0.6 is 0 Å². The number of hydrogen-bond donors (Lipinski definition) is 1. The molecular formula is C20H24N2O3. The molecule has 0 aliphatic heterocycles. The van der Waals surface area contributed by atoms with Crippen molar-refractivity contribution in [3.8, 4) is 0 Å². The van der Waals surface area contributed by atoms with E-state index >= 15 is 0 Å². The molecule has 1 aromatic carbocycles. The standard InChI is InChI=1S/C20H24N2O3/c1-4-5-10-17(23)18-19-15(11-21-18)14-8-6-7-9-16(14)22(19)20(24)25-12-13(2)3/h6-9,11,13,21H,4-5,10,12H2,1-3H3. The van der Waals surface area contributed by atoms with E-state index in [1.165, 1.54) is 4.57 Å². The first-order valence-electron chi connectivity index (χ1n) is 8.85. The highest BCUT2D eigenvalue weighted by atomic mass is 16.5. The van der Waals surface area contributed by atoms with E-state index in [1.54, 1.807) is 0 Å². The molecule has 0 aliphatic carbocycles. The third-order valence-corrected chi connectivity index (χ3v) is 4.27. The number of unbranched alkanes of at least 4 members (excludes halogenated alkanes) is 1. The lowest BCUT2D eigenvalue weighted by molar-refractivity contribution is 0.0977. The second kappa shape index (κ2) is 7.13. The lowest BCUT2D eigenvalue weighted by Gasteiger charge is -2.10. The zero-order valence-corrected chi connectivity index (χ0v) is 15.0. The highest BCUT2D eigenvalue weighted by molar-refractivity contribution is 6.18. The zero-order valence-electron chi connectivity index (χ0n) is 15.0. The number of ketones is 1. The number of aromatic amines is 1. The van der Waals surface area contributed by atoms with E-state index in [-0.39, 0.29) is 11.7 Å². The Bertz CT molecular complexity index is 918. The van der Waals surface area contributed by atoms with Crippen LogP contribution in [0.3, 0.4) is 0 Å². The van der Waals surface area contributed by atoms with Crippen molar-refractivity contribution in [3.05, 3.63) is 36.2 Å². The average Bonchev–Trinajstić information content (AvgIpc) is 3.15. The Kier molecular flexibility index (Phi) is 4.93. The molecule has 0 bridgehead atoms. The number of aromatic nitrogens is 2. The summed E-state index contributed by atoms with van der Waals surface area (Å²) in [5, 5.41) is 1.81. The van der Waals surface area contributed by atoms with Crippen molar-refractivity contribution in [2.45, 2.75) is 40.0 Å². The quantitative estimate of drug-likeness (QED) is 0.632. The summed E-state index contributed by atoms with van der Waals surface area (Å²) in [6.07, 6.45) is 3.62. The minimum absolute atomic E-state index is 0.0255. The van der Waals surface area contributed by atoms with Crippen LogP contribution in [0.5, 0.6) is 0 Å². The maximum absolute atomic E-state index is 12.7. The number of carbonyl (C=O) groups is 2. The van der Waals surface area contributed by atoms with Gasteiger partial charge in [0.25, 0.3) is 0 Å². The fourth-order valence-corrected chi connectivity index (χ4v) is 3.04. The lowest BCUT2D eigenvalue weighted by atomic mass is 10.1. The van der Waals surface area contributed by atoms with Gasteiger partial charge < -0.3 is 9.72 Å². The van der Waals surface area contributed by atoms with E-state index in [4.69, 9.17) is 4.74 Å².